The van der Waals surface area contributed by atoms with Gasteiger partial charge in [-0.15, -0.1) is 0 Å². The lowest BCUT2D eigenvalue weighted by Crippen LogP contribution is -2.21. The van der Waals surface area contributed by atoms with Crippen molar-refractivity contribution in [3.8, 4) is 11.5 Å². The number of amides is 3. The van der Waals surface area contributed by atoms with E-state index in [1.165, 1.54) is 25.4 Å². The van der Waals surface area contributed by atoms with Gasteiger partial charge in [-0.3, -0.25) is 19.4 Å². The van der Waals surface area contributed by atoms with E-state index in [0.29, 0.717) is 32.9 Å². The van der Waals surface area contributed by atoms with Crippen molar-refractivity contribution in [2.24, 2.45) is 0 Å². The van der Waals surface area contributed by atoms with E-state index in [1.54, 1.807) is 42.5 Å². The maximum Gasteiger partial charge on any atom is 0.269 e. The van der Waals surface area contributed by atoms with E-state index in [0.717, 1.165) is 0 Å². The first-order valence-corrected chi connectivity index (χ1v) is 10.1. The number of hydrogen-bond acceptors (Lipinski definition) is 5. The molecule has 164 valence electrons. The van der Waals surface area contributed by atoms with Crippen LogP contribution in [0.4, 0.5) is 11.4 Å². The minimum Gasteiger partial charge on any atom is -0.457 e. The third kappa shape index (κ3) is 6.44. The number of benzene rings is 2. The molecule has 3 N–H and O–H groups in total. The van der Waals surface area contributed by atoms with Gasteiger partial charge in [0.05, 0.1) is 10.0 Å². The number of aromatic nitrogens is 1. The van der Waals surface area contributed by atoms with Crippen molar-refractivity contribution >= 4 is 52.3 Å². The standard InChI is InChI=1S/C22H18Cl2N4O4/c1-25-22(31)19-11-16(7-8-26-19)32-15-4-2-3-13(9-15)27-20(29)12-21(30)28-14-5-6-17(23)18(24)10-14/h2-11H,12H2,1H3,(H,25,31)(H,27,29)(H,28,30). The van der Waals surface area contributed by atoms with E-state index < -0.39 is 18.2 Å². The molecule has 10 heteroatoms. The van der Waals surface area contributed by atoms with E-state index in [4.69, 9.17) is 27.9 Å². The summed E-state index contributed by atoms with van der Waals surface area (Å²) in [7, 11) is 1.51. The van der Waals surface area contributed by atoms with Gasteiger partial charge in [-0.1, -0.05) is 29.3 Å². The van der Waals surface area contributed by atoms with Gasteiger partial charge in [0.1, 0.15) is 23.6 Å². The van der Waals surface area contributed by atoms with Gasteiger partial charge in [-0.05, 0) is 36.4 Å². The molecule has 0 atom stereocenters. The molecule has 1 heterocycles. The van der Waals surface area contributed by atoms with E-state index in [1.807, 2.05) is 0 Å². The van der Waals surface area contributed by atoms with Gasteiger partial charge >= 0.3 is 0 Å². The number of rotatable bonds is 7. The number of nitrogens with one attached hydrogen (secondary N) is 3. The molecule has 1 aromatic heterocycles. The number of halogens is 2. The van der Waals surface area contributed by atoms with Crippen molar-refractivity contribution in [3.63, 3.8) is 0 Å². The summed E-state index contributed by atoms with van der Waals surface area (Å²) in [5.74, 6) is -0.520. The van der Waals surface area contributed by atoms with Gasteiger partial charge in [-0.25, -0.2) is 0 Å². The van der Waals surface area contributed by atoms with E-state index in [9.17, 15) is 14.4 Å². The zero-order chi connectivity index (χ0) is 23.1. The molecule has 0 bridgehead atoms. The SMILES string of the molecule is CNC(=O)c1cc(Oc2cccc(NC(=O)CC(=O)Nc3ccc(Cl)c(Cl)c3)c2)ccn1. The summed E-state index contributed by atoms with van der Waals surface area (Å²) in [6.45, 7) is 0. The van der Waals surface area contributed by atoms with Crippen molar-refractivity contribution in [1.29, 1.82) is 0 Å². The molecular weight excluding hydrogens is 455 g/mol. The maximum atomic E-state index is 12.2. The van der Waals surface area contributed by atoms with Crippen LogP contribution in [0.25, 0.3) is 0 Å². The second kappa shape index (κ2) is 10.6. The summed E-state index contributed by atoms with van der Waals surface area (Å²) >= 11 is 11.8. The summed E-state index contributed by atoms with van der Waals surface area (Å²) in [6, 6.07) is 14.3. The lowest BCUT2D eigenvalue weighted by Gasteiger charge is -2.10. The van der Waals surface area contributed by atoms with Crippen molar-refractivity contribution in [2.75, 3.05) is 17.7 Å². The van der Waals surface area contributed by atoms with Crippen LogP contribution in [-0.2, 0) is 9.59 Å². The lowest BCUT2D eigenvalue weighted by atomic mass is 10.2. The van der Waals surface area contributed by atoms with Crippen LogP contribution in [0.1, 0.15) is 16.9 Å². The van der Waals surface area contributed by atoms with Crippen LogP contribution in [0.3, 0.4) is 0 Å². The number of carbonyl (C=O) groups excluding carboxylic acids is 3. The molecule has 8 nitrogen and oxygen atoms in total. The fourth-order valence-electron chi connectivity index (χ4n) is 2.63. The monoisotopic (exact) mass is 472 g/mol. The zero-order valence-corrected chi connectivity index (χ0v) is 18.3. The minimum atomic E-state index is -0.509. The van der Waals surface area contributed by atoms with Crippen LogP contribution < -0.4 is 20.7 Å². The fraction of sp³-hybridized carbons (Fsp3) is 0.0909. The van der Waals surface area contributed by atoms with E-state index in [2.05, 4.69) is 20.9 Å². The third-order valence-corrected chi connectivity index (χ3v) is 4.81. The summed E-state index contributed by atoms with van der Waals surface area (Å²) in [5, 5.41) is 8.37. The molecular formula is C22H18Cl2N4O4. The van der Waals surface area contributed by atoms with Crippen molar-refractivity contribution in [3.05, 3.63) is 76.5 Å². The van der Waals surface area contributed by atoms with Crippen LogP contribution in [0.15, 0.2) is 60.8 Å². The van der Waals surface area contributed by atoms with Gasteiger partial charge in [0.15, 0.2) is 0 Å². The fourth-order valence-corrected chi connectivity index (χ4v) is 2.93. The van der Waals surface area contributed by atoms with Gasteiger partial charge in [0, 0.05) is 36.8 Å². The number of nitrogens with zero attached hydrogens (tertiary/aromatic N) is 1. The minimum absolute atomic E-state index is 0.211. The predicted octanol–water partition coefficient (Wildman–Crippen LogP) is 4.51. The normalized spacial score (nSPS) is 10.2. The Hall–Kier alpha value is -3.62. The Kier molecular flexibility index (Phi) is 7.64. The van der Waals surface area contributed by atoms with Crippen molar-refractivity contribution in [1.82, 2.24) is 10.3 Å². The second-order valence-electron chi connectivity index (χ2n) is 6.49. The van der Waals surface area contributed by atoms with Gasteiger partial charge < -0.3 is 20.7 Å². The first-order chi connectivity index (χ1) is 15.3. The summed E-state index contributed by atoms with van der Waals surface area (Å²) in [5.41, 5.74) is 1.08. The Morgan fingerprint density at radius 3 is 2.25 bits per heavy atom. The third-order valence-electron chi connectivity index (χ3n) is 4.07. The second-order valence-corrected chi connectivity index (χ2v) is 7.30. The summed E-state index contributed by atoms with van der Waals surface area (Å²) < 4.78 is 5.74. The largest absolute Gasteiger partial charge is 0.457 e. The summed E-state index contributed by atoms with van der Waals surface area (Å²) in [6.07, 6.45) is 1.06. The topological polar surface area (TPSA) is 109 Å². The highest BCUT2D eigenvalue weighted by molar-refractivity contribution is 6.42. The van der Waals surface area contributed by atoms with Crippen LogP contribution in [-0.4, -0.2) is 29.8 Å². The Morgan fingerprint density at radius 1 is 0.875 bits per heavy atom. The Morgan fingerprint density at radius 2 is 1.56 bits per heavy atom. The number of anilines is 2. The molecule has 0 aliphatic rings. The Labute approximate surface area is 193 Å². The zero-order valence-electron chi connectivity index (χ0n) is 16.8. The average molecular weight is 473 g/mol. The number of hydrogen-bond donors (Lipinski definition) is 3. The molecule has 0 fully saturated rings. The molecule has 0 radical (unpaired) electrons. The quantitative estimate of drug-likeness (QED) is 0.438. The molecule has 3 rings (SSSR count). The first-order valence-electron chi connectivity index (χ1n) is 9.35. The highest BCUT2D eigenvalue weighted by Crippen LogP contribution is 2.26. The molecule has 0 aliphatic heterocycles. The van der Waals surface area contributed by atoms with Crippen LogP contribution in [0.2, 0.25) is 10.0 Å². The van der Waals surface area contributed by atoms with Gasteiger partial charge in [0.2, 0.25) is 11.8 Å². The lowest BCUT2D eigenvalue weighted by molar-refractivity contribution is -0.123. The van der Waals surface area contributed by atoms with Crippen LogP contribution >= 0.6 is 23.2 Å². The Balaban J connectivity index is 1.59. The molecule has 0 spiro atoms. The van der Waals surface area contributed by atoms with Crippen LogP contribution in [0, 0.1) is 0 Å². The average Bonchev–Trinajstić information content (AvgIpc) is 2.76. The van der Waals surface area contributed by atoms with E-state index in [-0.39, 0.29) is 11.6 Å². The van der Waals surface area contributed by atoms with Crippen molar-refractivity contribution in [2.45, 2.75) is 6.42 Å². The molecule has 2 aromatic carbocycles. The molecule has 0 saturated heterocycles. The maximum absolute atomic E-state index is 12.2. The Bertz CT molecular complexity index is 1170. The molecule has 0 saturated carbocycles. The first kappa shape index (κ1) is 23.1. The number of pyridine rings is 1. The van der Waals surface area contributed by atoms with E-state index >= 15 is 0 Å². The highest BCUT2D eigenvalue weighted by Gasteiger charge is 2.12. The smallest absolute Gasteiger partial charge is 0.269 e. The van der Waals surface area contributed by atoms with Gasteiger partial charge in [0.25, 0.3) is 5.91 Å². The highest BCUT2D eigenvalue weighted by atomic mass is 35.5. The number of carbonyl (C=O) groups is 3. The molecule has 3 aromatic rings. The predicted molar refractivity (Wildman–Crippen MR) is 122 cm³/mol. The molecule has 32 heavy (non-hydrogen) atoms. The van der Waals surface area contributed by atoms with Gasteiger partial charge in [-0.2, -0.15) is 0 Å². The summed E-state index contributed by atoms with van der Waals surface area (Å²) in [4.78, 5) is 40.0. The van der Waals surface area contributed by atoms with Crippen molar-refractivity contribution < 1.29 is 19.1 Å². The number of ether oxygens (including phenoxy) is 1. The molecule has 0 unspecified atom stereocenters. The molecule has 0 aliphatic carbocycles. The van der Waals surface area contributed by atoms with Crippen LogP contribution in [0.5, 0.6) is 11.5 Å². The molecule has 3 amide bonds.